The highest BCUT2D eigenvalue weighted by Gasteiger charge is 2.32. The molecule has 0 aliphatic carbocycles. The minimum absolute atomic E-state index is 0.0401. The van der Waals surface area contributed by atoms with Crippen LogP contribution in [0.15, 0.2) is 41.8 Å². The molecule has 6 nitrogen and oxygen atoms in total. The third-order valence-electron chi connectivity index (χ3n) is 5.35. The molecule has 7 heteroatoms. The van der Waals surface area contributed by atoms with Crippen LogP contribution < -0.4 is 9.64 Å². The number of thiophene rings is 1. The largest absolute Gasteiger partial charge is 0.479 e. The van der Waals surface area contributed by atoms with Crippen LogP contribution in [-0.2, 0) is 20.9 Å². The molecule has 4 rings (SSSR count). The molecule has 0 bridgehead atoms. The summed E-state index contributed by atoms with van der Waals surface area (Å²) >= 11 is 1.65. The smallest absolute Gasteiger partial charge is 0.267 e. The van der Waals surface area contributed by atoms with Crippen LogP contribution in [0.1, 0.15) is 31.1 Å². The molecule has 0 radical (unpaired) electrons. The summed E-state index contributed by atoms with van der Waals surface area (Å²) < 4.78 is 11.4. The first-order chi connectivity index (χ1) is 14.1. The SMILES string of the molecule is C[C@H]1Oc2ccccc2N(CCC(=O)N(Cc2cccs2)C[C@@H]2CCCO2)C1=O. The van der Waals surface area contributed by atoms with E-state index in [2.05, 4.69) is 0 Å². The summed E-state index contributed by atoms with van der Waals surface area (Å²) in [6.45, 7) is 4.03. The molecule has 1 aromatic heterocycles. The Labute approximate surface area is 175 Å². The van der Waals surface area contributed by atoms with E-state index in [0.29, 0.717) is 25.4 Å². The molecule has 1 saturated heterocycles. The normalized spacial score (nSPS) is 21.0. The van der Waals surface area contributed by atoms with Gasteiger partial charge in [0, 0.05) is 31.0 Å². The van der Waals surface area contributed by atoms with Gasteiger partial charge < -0.3 is 19.3 Å². The Morgan fingerprint density at radius 1 is 1.28 bits per heavy atom. The van der Waals surface area contributed by atoms with E-state index in [1.807, 2.05) is 46.7 Å². The van der Waals surface area contributed by atoms with E-state index in [4.69, 9.17) is 9.47 Å². The van der Waals surface area contributed by atoms with Gasteiger partial charge >= 0.3 is 0 Å². The monoisotopic (exact) mass is 414 g/mol. The van der Waals surface area contributed by atoms with Crippen LogP contribution in [0.3, 0.4) is 0 Å². The first-order valence-electron chi connectivity index (χ1n) is 10.1. The van der Waals surface area contributed by atoms with Crippen molar-refractivity contribution >= 4 is 28.8 Å². The number of hydrogen-bond acceptors (Lipinski definition) is 5. The zero-order valence-corrected chi connectivity index (χ0v) is 17.4. The number of nitrogens with zero attached hydrogens (tertiary/aromatic N) is 2. The molecule has 2 aliphatic heterocycles. The number of anilines is 1. The standard InChI is InChI=1S/C22H26N2O4S/c1-16-22(26)24(19-8-2-3-9-20(19)28-16)11-10-21(25)23(14-17-6-4-12-27-17)15-18-7-5-13-29-18/h2-3,5,7-9,13,16-17H,4,6,10-12,14-15H2,1H3/t16-,17+/m1/s1. The Balaban J connectivity index is 1.45. The van der Waals surface area contributed by atoms with Crippen molar-refractivity contribution in [3.05, 3.63) is 46.7 Å². The van der Waals surface area contributed by atoms with Gasteiger partial charge in [-0.05, 0) is 43.3 Å². The summed E-state index contributed by atoms with van der Waals surface area (Å²) in [6, 6.07) is 11.5. The number of fused-ring (bicyclic) bond motifs is 1. The van der Waals surface area contributed by atoms with Gasteiger partial charge in [0.1, 0.15) is 5.75 Å². The number of rotatable bonds is 7. The summed E-state index contributed by atoms with van der Waals surface area (Å²) in [5, 5.41) is 2.02. The number of hydrogen-bond donors (Lipinski definition) is 0. The Morgan fingerprint density at radius 3 is 2.90 bits per heavy atom. The van der Waals surface area contributed by atoms with E-state index in [9.17, 15) is 9.59 Å². The number of carbonyl (C=O) groups excluding carboxylic acids is 2. The lowest BCUT2D eigenvalue weighted by molar-refractivity contribution is -0.133. The maximum absolute atomic E-state index is 13.1. The quantitative estimate of drug-likeness (QED) is 0.696. The van der Waals surface area contributed by atoms with Gasteiger partial charge in [0.25, 0.3) is 5.91 Å². The van der Waals surface area contributed by atoms with Crippen molar-refractivity contribution in [2.75, 3.05) is 24.6 Å². The van der Waals surface area contributed by atoms with Gasteiger partial charge in [-0.15, -0.1) is 11.3 Å². The molecule has 2 amide bonds. The molecular formula is C22H26N2O4S. The molecule has 2 atom stereocenters. The predicted molar refractivity (Wildman–Crippen MR) is 112 cm³/mol. The lowest BCUT2D eigenvalue weighted by atomic mass is 10.1. The van der Waals surface area contributed by atoms with E-state index in [0.717, 1.165) is 30.0 Å². The third-order valence-corrected chi connectivity index (χ3v) is 6.21. The topological polar surface area (TPSA) is 59.1 Å². The van der Waals surface area contributed by atoms with Crippen molar-refractivity contribution in [3.63, 3.8) is 0 Å². The van der Waals surface area contributed by atoms with Gasteiger partial charge in [0.05, 0.1) is 18.3 Å². The lowest BCUT2D eigenvalue weighted by Crippen LogP contribution is -2.46. The highest BCUT2D eigenvalue weighted by Crippen LogP contribution is 2.33. The minimum atomic E-state index is -0.547. The zero-order valence-electron chi connectivity index (χ0n) is 16.6. The maximum atomic E-state index is 13.1. The van der Waals surface area contributed by atoms with E-state index in [1.54, 1.807) is 23.2 Å². The molecule has 29 heavy (non-hydrogen) atoms. The number of benzene rings is 1. The summed E-state index contributed by atoms with van der Waals surface area (Å²) in [7, 11) is 0. The predicted octanol–water partition coefficient (Wildman–Crippen LogP) is 3.46. The highest BCUT2D eigenvalue weighted by atomic mass is 32.1. The summed E-state index contributed by atoms with van der Waals surface area (Å²) in [5.74, 6) is 0.612. The van der Waals surface area contributed by atoms with E-state index in [-0.39, 0.29) is 24.3 Å². The Morgan fingerprint density at radius 2 is 2.14 bits per heavy atom. The van der Waals surface area contributed by atoms with Gasteiger partial charge in [-0.3, -0.25) is 9.59 Å². The van der Waals surface area contributed by atoms with Gasteiger partial charge in [0.2, 0.25) is 5.91 Å². The summed E-state index contributed by atoms with van der Waals surface area (Å²) in [5.41, 5.74) is 0.729. The Kier molecular flexibility index (Phi) is 6.16. The molecule has 2 aliphatic rings. The van der Waals surface area contributed by atoms with Crippen molar-refractivity contribution in [2.24, 2.45) is 0 Å². The molecule has 0 N–H and O–H groups in total. The number of amides is 2. The van der Waals surface area contributed by atoms with Gasteiger partial charge in [-0.2, -0.15) is 0 Å². The molecule has 1 fully saturated rings. The van der Waals surface area contributed by atoms with E-state index >= 15 is 0 Å². The van der Waals surface area contributed by atoms with Crippen LogP contribution >= 0.6 is 11.3 Å². The van der Waals surface area contributed by atoms with Crippen molar-refractivity contribution in [1.82, 2.24) is 4.90 Å². The highest BCUT2D eigenvalue weighted by molar-refractivity contribution is 7.09. The second-order valence-corrected chi connectivity index (χ2v) is 8.49. The third kappa shape index (κ3) is 4.62. The fraction of sp³-hybridized carbons (Fsp3) is 0.455. The van der Waals surface area contributed by atoms with Crippen LogP contribution in [0.4, 0.5) is 5.69 Å². The lowest BCUT2D eigenvalue weighted by Gasteiger charge is -2.33. The molecule has 1 aromatic carbocycles. The molecule has 154 valence electrons. The summed E-state index contributed by atoms with van der Waals surface area (Å²) in [4.78, 5) is 30.5. The van der Waals surface area contributed by atoms with Crippen molar-refractivity contribution < 1.29 is 19.1 Å². The molecular weight excluding hydrogens is 388 g/mol. The van der Waals surface area contributed by atoms with Gasteiger partial charge in [-0.1, -0.05) is 18.2 Å². The molecule has 0 unspecified atom stereocenters. The van der Waals surface area contributed by atoms with Crippen LogP contribution in [0.2, 0.25) is 0 Å². The maximum Gasteiger partial charge on any atom is 0.267 e. The average Bonchev–Trinajstić information content (AvgIpc) is 3.42. The first kappa shape index (κ1) is 19.9. The second-order valence-electron chi connectivity index (χ2n) is 7.46. The Bertz CT molecular complexity index is 848. The van der Waals surface area contributed by atoms with Gasteiger partial charge in [-0.25, -0.2) is 0 Å². The molecule has 0 spiro atoms. The van der Waals surface area contributed by atoms with Crippen LogP contribution in [0, 0.1) is 0 Å². The number of carbonyl (C=O) groups is 2. The minimum Gasteiger partial charge on any atom is -0.479 e. The average molecular weight is 415 g/mol. The Hall–Kier alpha value is -2.38. The number of ether oxygens (including phenoxy) is 2. The van der Waals surface area contributed by atoms with Crippen LogP contribution in [0.25, 0.3) is 0 Å². The molecule has 2 aromatic rings. The van der Waals surface area contributed by atoms with Gasteiger partial charge in [0.15, 0.2) is 6.10 Å². The number of para-hydroxylation sites is 2. The van der Waals surface area contributed by atoms with Crippen LogP contribution in [-0.4, -0.2) is 48.6 Å². The zero-order chi connectivity index (χ0) is 20.2. The summed E-state index contributed by atoms with van der Waals surface area (Å²) in [6.07, 6.45) is 1.85. The second kappa shape index (κ2) is 8.97. The fourth-order valence-corrected chi connectivity index (χ4v) is 4.55. The van der Waals surface area contributed by atoms with Crippen molar-refractivity contribution in [1.29, 1.82) is 0 Å². The van der Waals surface area contributed by atoms with Crippen molar-refractivity contribution in [2.45, 2.75) is 44.9 Å². The van der Waals surface area contributed by atoms with E-state index < -0.39 is 6.10 Å². The fourth-order valence-electron chi connectivity index (χ4n) is 3.83. The van der Waals surface area contributed by atoms with Crippen molar-refractivity contribution in [3.8, 4) is 5.75 Å². The first-order valence-corrected chi connectivity index (χ1v) is 11.0. The van der Waals surface area contributed by atoms with Crippen LogP contribution in [0.5, 0.6) is 5.75 Å². The van der Waals surface area contributed by atoms with E-state index in [1.165, 1.54) is 0 Å². The molecule has 0 saturated carbocycles. The molecule has 3 heterocycles.